The van der Waals surface area contributed by atoms with Crippen LogP contribution in [0.15, 0.2) is 30.3 Å². The molecule has 0 radical (unpaired) electrons. The second-order valence-corrected chi connectivity index (χ2v) is 7.30. The molecule has 0 aromatic heterocycles. The zero-order chi connectivity index (χ0) is 20.0. The summed E-state index contributed by atoms with van der Waals surface area (Å²) in [5.74, 6) is -0.789. The number of carbonyl (C=O) groups excluding carboxylic acids is 4. The van der Waals surface area contributed by atoms with Gasteiger partial charge in [0.1, 0.15) is 12.1 Å². The summed E-state index contributed by atoms with van der Waals surface area (Å²) in [4.78, 5) is 49.3. The molecule has 8 heteroatoms. The van der Waals surface area contributed by atoms with Crippen molar-refractivity contribution in [3.8, 4) is 0 Å². The first-order chi connectivity index (χ1) is 12.7. The number of imide groups is 2. The topological polar surface area (TPSA) is 108 Å². The summed E-state index contributed by atoms with van der Waals surface area (Å²) in [5.41, 5.74) is -0.132. The van der Waals surface area contributed by atoms with E-state index in [0.29, 0.717) is 12.3 Å². The van der Waals surface area contributed by atoms with Gasteiger partial charge < -0.3 is 10.6 Å². The third-order valence-corrected chi connectivity index (χ3v) is 4.42. The SMILES string of the molecule is CC(C)CCC1(C)NC(=O)N(CC(=O)NC(=O)NCc2ccccc2)C1=O. The zero-order valence-electron chi connectivity index (χ0n) is 15.9. The first-order valence-corrected chi connectivity index (χ1v) is 8.97. The Morgan fingerprint density at radius 1 is 1.19 bits per heavy atom. The largest absolute Gasteiger partial charge is 0.334 e. The minimum atomic E-state index is -1.02. The maximum Gasteiger partial charge on any atom is 0.325 e. The third kappa shape index (κ3) is 5.54. The van der Waals surface area contributed by atoms with Crippen LogP contribution >= 0.6 is 0 Å². The van der Waals surface area contributed by atoms with E-state index in [4.69, 9.17) is 0 Å². The van der Waals surface area contributed by atoms with Gasteiger partial charge in [-0.25, -0.2) is 9.59 Å². The maximum atomic E-state index is 12.5. The first-order valence-electron chi connectivity index (χ1n) is 8.97. The molecule has 0 saturated carbocycles. The number of rotatable bonds is 7. The molecule has 1 fully saturated rings. The van der Waals surface area contributed by atoms with Crippen molar-refractivity contribution in [2.24, 2.45) is 5.92 Å². The second-order valence-electron chi connectivity index (χ2n) is 7.30. The smallest absolute Gasteiger partial charge is 0.325 e. The van der Waals surface area contributed by atoms with Crippen LogP contribution in [0.2, 0.25) is 0 Å². The van der Waals surface area contributed by atoms with Crippen LogP contribution in [-0.2, 0) is 16.1 Å². The summed E-state index contributed by atoms with van der Waals surface area (Å²) in [6, 6.07) is 7.92. The van der Waals surface area contributed by atoms with E-state index in [2.05, 4.69) is 16.0 Å². The Hall–Kier alpha value is -2.90. The molecule has 2 rings (SSSR count). The lowest BCUT2D eigenvalue weighted by atomic mass is 9.92. The average Bonchev–Trinajstić information content (AvgIpc) is 2.83. The normalized spacial score (nSPS) is 19.2. The van der Waals surface area contributed by atoms with Gasteiger partial charge in [-0.2, -0.15) is 0 Å². The Bertz CT molecular complexity index is 720. The summed E-state index contributed by atoms with van der Waals surface area (Å²) in [5, 5.41) is 7.33. The lowest BCUT2D eigenvalue weighted by molar-refractivity contribution is -0.134. The quantitative estimate of drug-likeness (QED) is 0.632. The number of nitrogens with one attached hydrogen (secondary N) is 3. The zero-order valence-corrected chi connectivity index (χ0v) is 15.9. The van der Waals surface area contributed by atoms with Gasteiger partial charge in [0.25, 0.3) is 5.91 Å². The van der Waals surface area contributed by atoms with Crippen LogP contribution in [-0.4, -0.2) is 40.9 Å². The minimum absolute atomic E-state index is 0.260. The first kappa shape index (κ1) is 20.4. The summed E-state index contributed by atoms with van der Waals surface area (Å²) in [7, 11) is 0. The van der Waals surface area contributed by atoms with Crippen molar-refractivity contribution in [3.05, 3.63) is 35.9 Å². The lowest BCUT2D eigenvalue weighted by Gasteiger charge is -2.22. The molecule has 0 spiro atoms. The summed E-state index contributed by atoms with van der Waals surface area (Å²) < 4.78 is 0. The van der Waals surface area contributed by atoms with Crippen molar-refractivity contribution < 1.29 is 19.2 Å². The van der Waals surface area contributed by atoms with Gasteiger partial charge in [-0.1, -0.05) is 44.2 Å². The minimum Gasteiger partial charge on any atom is -0.334 e. The van der Waals surface area contributed by atoms with Crippen molar-refractivity contribution in [2.45, 2.75) is 45.7 Å². The van der Waals surface area contributed by atoms with E-state index in [0.717, 1.165) is 16.9 Å². The predicted octanol–water partition coefficient (Wildman–Crippen LogP) is 1.76. The Labute approximate surface area is 158 Å². The fourth-order valence-corrected chi connectivity index (χ4v) is 2.77. The van der Waals surface area contributed by atoms with Crippen molar-refractivity contribution in [1.29, 1.82) is 0 Å². The molecule has 1 aliphatic heterocycles. The van der Waals surface area contributed by atoms with Crippen LogP contribution in [0.1, 0.15) is 39.2 Å². The molecule has 1 aromatic carbocycles. The van der Waals surface area contributed by atoms with Crippen LogP contribution in [0, 0.1) is 5.92 Å². The monoisotopic (exact) mass is 374 g/mol. The van der Waals surface area contributed by atoms with E-state index < -0.39 is 36.0 Å². The molecule has 0 bridgehead atoms. The molecule has 3 N–H and O–H groups in total. The summed E-state index contributed by atoms with van der Waals surface area (Å²) >= 11 is 0. The van der Waals surface area contributed by atoms with Gasteiger partial charge in [-0.3, -0.25) is 19.8 Å². The summed E-state index contributed by atoms with van der Waals surface area (Å²) in [6.45, 7) is 5.48. The van der Waals surface area contributed by atoms with Crippen molar-refractivity contribution in [3.63, 3.8) is 0 Å². The van der Waals surface area contributed by atoms with E-state index >= 15 is 0 Å². The van der Waals surface area contributed by atoms with Gasteiger partial charge in [0.15, 0.2) is 0 Å². The van der Waals surface area contributed by atoms with Crippen molar-refractivity contribution >= 4 is 23.9 Å². The highest BCUT2D eigenvalue weighted by atomic mass is 16.2. The molecule has 1 unspecified atom stereocenters. The Morgan fingerprint density at radius 3 is 2.48 bits per heavy atom. The molecule has 1 saturated heterocycles. The second kappa shape index (κ2) is 8.66. The fraction of sp³-hybridized carbons (Fsp3) is 0.474. The van der Waals surface area contributed by atoms with Gasteiger partial charge in [-0.05, 0) is 31.2 Å². The van der Waals surface area contributed by atoms with Crippen molar-refractivity contribution in [2.75, 3.05) is 6.54 Å². The molecular formula is C19H26N4O4. The van der Waals surface area contributed by atoms with Crippen LogP contribution < -0.4 is 16.0 Å². The Balaban J connectivity index is 1.84. The average molecular weight is 374 g/mol. The molecule has 6 amide bonds. The number of hydrogen-bond donors (Lipinski definition) is 3. The molecule has 146 valence electrons. The Morgan fingerprint density at radius 2 is 1.85 bits per heavy atom. The van der Waals surface area contributed by atoms with Gasteiger partial charge in [0, 0.05) is 6.54 Å². The highest BCUT2D eigenvalue weighted by Gasteiger charge is 2.47. The van der Waals surface area contributed by atoms with E-state index in [-0.39, 0.29) is 6.54 Å². The predicted molar refractivity (Wildman–Crippen MR) is 99.5 cm³/mol. The third-order valence-electron chi connectivity index (χ3n) is 4.42. The molecule has 1 aliphatic rings. The number of nitrogens with zero attached hydrogens (tertiary/aromatic N) is 1. The van der Waals surface area contributed by atoms with Crippen molar-refractivity contribution in [1.82, 2.24) is 20.9 Å². The van der Waals surface area contributed by atoms with Gasteiger partial charge in [0.05, 0.1) is 0 Å². The van der Waals surface area contributed by atoms with Crippen LogP contribution in [0.5, 0.6) is 0 Å². The molecule has 1 heterocycles. The lowest BCUT2D eigenvalue weighted by Crippen LogP contribution is -2.47. The maximum absolute atomic E-state index is 12.5. The molecule has 8 nitrogen and oxygen atoms in total. The van der Waals surface area contributed by atoms with Gasteiger partial charge in [0.2, 0.25) is 5.91 Å². The number of amides is 6. The highest BCUT2D eigenvalue weighted by Crippen LogP contribution is 2.24. The summed E-state index contributed by atoms with van der Waals surface area (Å²) in [6.07, 6.45) is 1.26. The number of hydrogen-bond acceptors (Lipinski definition) is 4. The number of benzene rings is 1. The van der Waals surface area contributed by atoms with E-state index in [1.165, 1.54) is 0 Å². The van der Waals surface area contributed by atoms with Crippen LogP contribution in [0.25, 0.3) is 0 Å². The van der Waals surface area contributed by atoms with Crippen LogP contribution in [0.4, 0.5) is 9.59 Å². The molecule has 27 heavy (non-hydrogen) atoms. The van der Waals surface area contributed by atoms with E-state index in [1.54, 1.807) is 6.92 Å². The van der Waals surface area contributed by atoms with E-state index in [9.17, 15) is 19.2 Å². The molecule has 1 aromatic rings. The fourth-order valence-electron chi connectivity index (χ4n) is 2.77. The van der Waals surface area contributed by atoms with Gasteiger partial charge in [-0.15, -0.1) is 0 Å². The number of carbonyl (C=O) groups is 4. The Kier molecular flexibility index (Phi) is 6.55. The standard InChI is InChI=1S/C19H26N4O4/c1-13(2)9-10-19(3)16(25)23(18(27)22-19)12-15(24)21-17(26)20-11-14-7-5-4-6-8-14/h4-8,13H,9-12H2,1-3H3,(H,22,27)(H2,20,21,24,26). The molecule has 1 atom stereocenters. The molecule has 0 aliphatic carbocycles. The molecular weight excluding hydrogens is 348 g/mol. The number of urea groups is 2. The highest BCUT2D eigenvalue weighted by molar-refractivity contribution is 6.09. The van der Waals surface area contributed by atoms with Gasteiger partial charge >= 0.3 is 12.1 Å². The van der Waals surface area contributed by atoms with E-state index in [1.807, 2.05) is 44.2 Å². The van der Waals surface area contributed by atoms with Crippen LogP contribution in [0.3, 0.4) is 0 Å².